The quantitative estimate of drug-likeness (QED) is 0.830. The zero-order valence-corrected chi connectivity index (χ0v) is 9.96. The molecule has 0 bridgehead atoms. The number of aromatic nitrogens is 2. The molecule has 0 saturated carbocycles. The third kappa shape index (κ3) is 2.89. The van der Waals surface area contributed by atoms with Crippen molar-refractivity contribution in [3.05, 3.63) is 12.4 Å². The minimum Gasteiger partial charge on any atom is -0.465 e. The fourth-order valence-corrected chi connectivity index (χ4v) is 2.10. The Labute approximate surface area is 100 Å². The van der Waals surface area contributed by atoms with Crippen molar-refractivity contribution in [2.24, 2.45) is 13.0 Å². The van der Waals surface area contributed by atoms with Gasteiger partial charge in [0.15, 0.2) is 0 Å². The fourth-order valence-electron chi connectivity index (χ4n) is 2.10. The number of rotatable bonds is 3. The molecular weight excluding hydrogens is 220 g/mol. The van der Waals surface area contributed by atoms with Crippen LogP contribution < -0.4 is 5.32 Å². The molecular formula is C11H18N4O2. The molecule has 6 nitrogen and oxygen atoms in total. The van der Waals surface area contributed by atoms with E-state index in [0.29, 0.717) is 19.0 Å². The number of piperidine rings is 1. The number of imidazole rings is 1. The molecule has 2 rings (SSSR count). The van der Waals surface area contributed by atoms with Crippen LogP contribution in [0.1, 0.15) is 12.8 Å². The first-order chi connectivity index (χ1) is 8.16. The van der Waals surface area contributed by atoms with E-state index in [1.807, 2.05) is 17.8 Å². The number of amides is 1. The monoisotopic (exact) mass is 238 g/mol. The molecule has 1 aromatic heterocycles. The number of aryl methyl sites for hydroxylation is 1. The highest BCUT2D eigenvalue weighted by Gasteiger charge is 2.22. The molecule has 6 heteroatoms. The molecule has 0 unspecified atom stereocenters. The Balaban J connectivity index is 1.75. The van der Waals surface area contributed by atoms with E-state index in [4.69, 9.17) is 5.11 Å². The first-order valence-electron chi connectivity index (χ1n) is 5.86. The van der Waals surface area contributed by atoms with E-state index < -0.39 is 6.09 Å². The number of likely N-dealkylation sites (tertiary alicyclic amines) is 1. The smallest absolute Gasteiger partial charge is 0.407 e. The van der Waals surface area contributed by atoms with Crippen LogP contribution in [0.15, 0.2) is 12.4 Å². The number of hydrogen-bond donors (Lipinski definition) is 2. The third-order valence-electron chi connectivity index (χ3n) is 3.26. The lowest BCUT2D eigenvalue weighted by Gasteiger charge is -2.30. The van der Waals surface area contributed by atoms with Gasteiger partial charge in [-0.1, -0.05) is 0 Å². The summed E-state index contributed by atoms with van der Waals surface area (Å²) >= 11 is 0. The van der Waals surface area contributed by atoms with E-state index >= 15 is 0 Å². The second kappa shape index (κ2) is 5.07. The van der Waals surface area contributed by atoms with Gasteiger partial charge in [-0.2, -0.15) is 0 Å². The number of carbonyl (C=O) groups is 1. The number of carboxylic acid groups (broad SMARTS) is 1. The van der Waals surface area contributed by atoms with Gasteiger partial charge in [0.1, 0.15) is 0 Å². The first-order valence-corrected chi connectivity index (χ1v) is 5.86. The van der Waals surface area contributed by atoms with Gasteiger partial charge < -0.3 is 19.9 Å². The van der Waals surface area contributed by atoms with Crippen molar-refractivity contribution in [1.29, 1.82) is 0 Å². The van der Waals surface area contributed by atoms with Crippen LogP contribution in [-0.2, 0) is 7.05 Å². The summed E-state index contributed by atoms with van der Waals surface area (Å²) in [6.45, 7) is 2.14. The van der Waals surface area contributed by atoms with Crippen molar-refractivity contribution in [3.8, 4) is 0 Å². The predicted octanol–water partition coefficient (Wildman–Crippen LogP) is 1.22. The Bertz CT molecular complexity index is 383. The van der Waals surface area contributed by atoms with Crippen LogP contribution in [0, 0.1) is 5.92 Å². The summed E-state index contributed by atoms with van der Waals surface area (Å²) in [4.78, 5) is 16.4. The summed E-state index contributed by atoms with van der Waals surface area (Å²) < 4.78 is 1.94. The molecule has 0 radical (unpaired) electrons. The Morgan fingerprint density at radius 3 is 2.82 bits per heavy atom. The van der Waals surface area contributed by atoms with Gasteiger partial charge in [-0.3, -0.25) is 0 Å². The molecule has 0 aromatic carbocycles. The van der Waals surface area contributed by atoms with Crippen LogP contribution >= 0.6 is 0 Å². The van der Waals surface area contributed by atoms with Crippen molar-refractivity contribution < 1.29 is 9.90 Å². The summed E-state index contributed by atoms with van der Waals surface area (Å²) in [5.74, 6) is 1.40. The number of hydrogen-bond acceptors (Lipinski definition) is 3. The van der Waals surface area contributed by atoms with Gasteiger partial charge in [0, 0.05) is 39.1 Å². The van der Waals surface area contributed by atoms with Crippen molar-refractivity contribution in [2.75, 3.05) is 25.0 Å². The summed E-state index contributed by atoms with van der Waals surface area (Å²) in [6, 6.07) is 0. The minimum atomic E-state index is -0.805. The minimum absolute atomic E-state index is 0.530. The zero-order chi connectivity index (χ0) is 12.3. The van der Waals surface area contributed by atoms with Crippen LogP contribution in [0.5, 0.6) is 0 Å². The SMILES string of the molecule is Cn1ccnc1NCC1CCN(C(=O)O)CC1. The molecule has 1 saturated heterocycles. The largest absolute Gasteiger partial charge is 0.465 e. The maximum absolute atomic E-state index is 10.7. The Hall–Kier alpha value is -1.72. The lowest BCUT2D eigenvalue weighted by molar-refractivity contribution is 0.126. The topological polar surface area (TPSA) is 70.4 Å². The molecule has 2 N–H and O–H groups in total. The van der Waals surface area contributed by atoms with Gasteiger partial charge in [0.25, 0.3) is 0 Å². The molecule has 1 aliphatic rings. The van der Waals surface area contributed by atoms with Gasteiger partial charge in [-0.25, -0.2) is 9.78 Å². The van der Waals surface area contributed by atoms with E-state index in [1.165, 1.54) is 4.90 Å². The third-order valence-corrected chi connectivity index (χ3v) is 3.26. The van der Waals surface area contributed by atoms with Crippen molar-refractivity contribution >= 4 is 12.0 Å². The Kier molecular flexibility index (Phi) is 3.51. The molecule has 17 heavy (non-hydrogen) atoms. The normalized spacial score (nSPS) is 17.1. The van der Waals surface area contributed by atoms with E-state index in [0.717, 1.165) is 25.3 Å². The summed E-state index contributed by atoms with van der Waals surface area (Å²) in [5.41, 5.74) is 0. The van der Waals surface area contributed by atoms with Crippen LogP contribution in [0.25, 0.3) is 0 Å². The van der Waals surface area contributed by atoms with Gasteiger partial charge in [0.05, 0.1) is 0 Å². The van der Waals surface area contributed by atoms with Crippen molar-refractivity contribution in [1.82, 2.24) is 14.5 Å². The number of nitrogens with zero attached hydrogens (tertiary/aromatic N) is 3. The molecule has 1 fully saturated rings. The van der Waals surface area contributed by atoms with E-state index in [-0.39, 0.29) is 0 Å². The van der Waals surface area contributed by atoms with Gasteiger partial charge in [-0.15, -0.1) is 0 Å². The predicted molar refractivity (Wildman–Crippen MR) is 64.0 cm³/mol. The summed E-state index contributed by atoms with van der Waals surface area (Å²) in [6.07, 6.45) is 4.69. The van der Waals surface area contributed by atoms with Gasteiger partial charge in [0.2, 0.25) is 5.95 Å². The second-order valence-corrected chi connectivity index (χ2v) is 4.46. The molecule has 1 amide bonds. The average Bonchev–Trinajstić information content (AvgIpc) is 2.73. The van der Waals surface area contributed by atoms with Gasteiger partial charge in [-0.05, 0) is 18.8 Å². The Morgan fingerprint density at radius 1 is 1.59 bits per heavy atom. The second-order valence-electron chi connectivity index (χ2n) is 4.46. The highest BCUT2D eigenvalue weighted by molar-refractivity contribution is 5.64. The van der Waals surface area contributed by atoms with E-state index in [2.05, 4.69) is 10.3 Å². The highest BCUT2D eigenvalue weighted by atomic mass is 16.4. The number of nitrogens with one attached hydrogen (secondary N) is 1. The standard InChI is InChI=1S/C11H18N4O2/c1-14-7-4-12-10(14)13-8-9-2-5-15(6-3-9)11(16)17/h4,7,9H,2-3,5-6,8H2,1H3,(H,12,13)(H,16,17). The lowest BCUT2D eigenvalue weighted by atomic mass is 9.97. The molecule has 0 spiro atoms. The fraction of sp³-hybridized carbons (Fsp3) is 0.636. The van der Waals surface area contributed by atoms with Crippen molar-refractivity contribution in [2.45, 2.75) is 12.8 Å². The molecule has 2 heterocycles. The van der Waals surface area contributed by atoms with E-state index in [1.54, 1.807) is 6.20 Å². The van der Waals surface area contributed by atoms with E-state index in [9.17, 15) is 4.79 Å². The van der Waals surface area contributed by atoms with Crippen LogP contribution in [-0.4, -0.2) is 45.3 Å². The van der Waals surface area contributed by atoms with Crippen LogP contribution in [0.4, 0.5) is 10.7 Å². The van der Waals surface area contributed by atoms with Crippen molar-refractivity contribution in [3.63, 3.8) is 0 Å². The Morgan fingerprint density at radius 2 is 2.29 bits per heavy atom. The average molecular weight is 238 g/mol. The van der Waals surface area contributed by atoms with Crippen LogP contribution in [0.3, 0.4) is 0 Å². The van der Waals surface area contributed by atoms with Crippen LogP contribution in [0.2, 0.25) is 0 Å². The summed E-state index contributed by atoms with van der Waals surface area (Å²) in [5, 5.41) is 12.1. The highest BCUT2D eigenvalue weighted by Crippen LogP contribution is 2.17. The molecule has 1 aromatic rings. The maximum atomic E-state index is 10.7. The molecule has 94 valence electrons. The molecule has 0 atom stereocenters. The zero-order valence-electron chi connectivity index (χ0n) is 9.96. The van der Waals surface area contributed by atoms with Gasteiger partial charge >= 0.3 is 6.09 Å². The maximum Gasteiger partial charge on any atom is 0.407 e. The molecule has 1 aliphatic heterocycles. The number of anilines is 1. The molecule has 0 aliphatic carbocycles. The summed E-state index contributed by atoms with van der Waals surface area (Å²) in [7, 11) is 1.95. The first kappa shape index (κ1) is 11.8. The lowest BCUT2D eigenvalue weighted by Crippen LogP contribution is -2.39.